The van der Waals surface area contributed by atoms with E-state index in [0.29, 0.717) is 17.6 Å². The van der Waals surface area contributed by atoms with Gasteiger partial charge in [-0.15, -0.1) is 0 Å². The Kier molecular flexibility index (Phi) is 5.67. The Morgan fingerprint density at radius 2 is 2.00 bits per heavy atom. The monoisotopic (exact) mass is 269 g/mol. The van der Waals surface area contributed by atoms with Crippen molar-refractivity contribution < 1.29 is 9.84 Å². The summed E-state index contributed by atoms with van der Waals surface area (Å²) in [6.07, 6.45) is 10.0. The lowest BCUT2D eigenvalue weighted by Gasteiger charge is -2.58. The summed E-state index contributed by atoms with van der Waals surface area (Å²) in [5.74, 6) is 0. The van der Waals surface area contributed by atoms with E-state index in [0.717, 1.165) is 32.4 Å². The zero-order chi connectivity index (χ0) is 13.7. The molecule has 2 saturated carbocycles. The van der Waals surface area contributed by atoms with Crippen LogP contribution in [0.4, 0.5) is 0 Å². The van der Waals surface area contributed by atoms with Crippen LogP contribution in [0.3, 0.4) is 0 Å². The first-order valence-electron chi connectivity index (χ1n) is 8.26. The molecular formula is C16H31NO2. The fourth-order valence-corrected chi connectivity index (χ4v) is 4.06. The van der Waals surface area contributed by atoms with Gasteiger partial charge in [-0.3, -0.25) is 0 Å². The van der Waals surface area contributed by atoms with Crippen molar-refractivity contribution in [3.63, 3.8) is 0 Å². The Bertz CT molecular complexity index is 263. The fourth-order valence-electron chi connectivity index (χ4n) is 4.06. The Balaban J connectivity index is 1.86. The van der Waals surface area contributed by atoms with E-state index in [1.54, 1.807) is 0 Å². The molecule has 2 aliphatic carbocycles. The summed E-state index contributed by atoms with van der Waals surface area (Å²) >= 11 is 0. The molecule has 3 heteroatoms. The van der Waals surface area contributed by atoms with Crippen molar-refractivity contribution in [3.05, 3.63) is 0 Å². The minimum absolute atomic E-state index is 0.184. The van der Waals surface area contributed by atoms with Gasteiger partial charge in [-0.05, 0) is 32.6 Å². The van der Waals surface area contributed by atoms with E-state index < -0.39 is 0 Å². The number of aliphatic hydroxyl groups is 1. The van der Waals surface area contributed by atoms with Gasteiger partial charge >= 0.3 is 0 Å². The lowest BCUT2D eigenvalue weighted by Crippen LogP contribution is -2.65. The van der Waals surface area contributed by atoms with Crippen LogP contribution < -0.4 is 5.32 Å². The zero-order valence-electron chi connectivity index (χ0n) is 12.7. The normalized spacial score (nSPS) is 31.1. The van der Waals surface area contributed by atoms with Gasteiger partial charge in [0.25, 0.3) is 0 Å². The molecule has 2 N–H and O–H groups in total. The Labute approximate surface area is 118 Å². The summed E-state index contributed by atoms with van der Waals surface area (Å²) in [6.45, 7) is 5.80. The van der Waals surface area contributed by atoms with Gasteiger partial charge < -0.3 is 15.2 Å². The summed E-state index contributed by atoms with van der Waals surface area (Å²) in [7, 11) is 0. The highest BCUT2D eigenvalue weighted by Gasteiger charge is 2.55. The van der Waals surface area contributed by atoms with Gasteiger partial charge in [-0.25, -0.2) is 0 Å². The Morgan fingerprint density at radius 1 is 1.26 bits per heavy atom. The molecule has 3 nitrogen and oxygen atoms in total. The predicted molar refractivity (Wildman–Crippen MR) is 78.3 cm³/mol. The average Bonchev–Trinajstić information content (AvgIpc) is 2.43. The maximum absolute atomic E-state index is 9.88. The van der Waals surface area contributed by atoms with Gasteiger partial charge in [0.15, 0.2) is 0 Å². The molecule has 2 fully saturated rings. The summed E-state index contributed by atoms with van der Waals surface area (Å²) < 4.78 is 5.95. The summed E-state index contributed by atoms with van der Waals surface area (Å²) in [5, 5.41) is 13.5. The topological polar surface area (TPSA) is 41.5 Å². The van der Waals surface area contributed by atoms with E-state index in [2.05, 4.69) is 19.2 Å². The lowest BCUT2D eigenvalue weighted by atomic mass is 9.55. The molecule has 2 rings (SSSR count). The number of nitrogens with one attached hydrogen (secondary N) is 1. The molecule has 0 heterocycles. The second-order valence-electron chi connectivity index (χ2n) is 6.38. The number of hydrogen-bond acceptors (Lipinski definition) is 3. The van der Waals surface area contributed by atoms with E-state index in [9.17, 15) is 5.11 Å². The van der Waals surface area contributed by atoms with Gasteiger partial charge in [0, 0.05) is 24.6 Å². The van der Waals surface area contributed by atoms with Crippen molar-refractivity contribution in [3.8, 4) is 0 Å². The van der Waals surface area contributed by atoms with Gasteiger partial charge in [0.05, 0.1) is 12.2 Å². The molecule has 1 spiro atoms. The summed E-state index contributed by atoms with van der Waals surface area (Å²) in [4.78, 5) is 0. The van der Waals surface area contributed by atoms with Crippen LogP contribution in [0.2, 0.25) is 0 Å². The Hall–Kier alpha value is -0.120. The molecule has 2 aliphatic rings. The SMILES string of the molecule is CCCC(O)CNC1CC(OCC)C12CCCCC2. The highest BCUT2D eigenvalue weighted by molar-refractivity contribution is 5.09. The Morgan fingerprint density at radius 3 is 2.63 bits per heavy atom. The molecule has 0 saturated heterocycles. The second kappa shape index (κ2) is 7.05. The second-order valence-corrected chi connectivity index (χ2v) is 6.38. The van der Waals surface area contributed by atoms with Gasteiger partial charge in [-0.1, -0.05) is 32.6 Å². The standard InChI is InChI=1S/C16H31NO2/c1-3-8-13(18)12-17-14-11-15(19-4-2)16(14)9-6-5-7-10-16/h13-15,17-18H,3-12H2,1-2H3. The number of aliphatic hydroxyl groups excluding tert-OH is 1. The van der Waals surface area contributed by atoms with Crippen LogP contribution in [-0.2, 0) is 4.74 Å². The van der Waals surface area contributed by atoms with E-state index in [4.69, 9.17) is 4.74 Å². The number of rotatable bonds is 7. The smallest absolute Gasteiger partial charge is 0.0664 e. The van der Waals surface area contributed by atoms with E-state index in [-0.39, 0.29) is 6.10 Å². The van der Waals surface area contributed by atoms with E-state index >= 15 is 0 Å². The molecular weight excluding hydrogens is 238 g/mol. The van der Waals surface area contributed by atoms with Crippen LogP contribution in [0, 0.1) is 5.41 Å². The highest BCUT2D eigenvalue weighted by Crippen LogP contribution is 2.53. The van der Waals surface area contributed by atoms with Crippen molar-refractivity contribution >= 4 is 0 Å². The first-order valence-corrected chi connectivity index (χ1v) is 8.26. The van der Waals surface area contributed by atoms with E-state index in [1.165, 1.54) is 32.1 Å². The molecule has 112 valence electrons. The molecule has 0 aromatic carbocycles. The van der Waals surface area contributed by atoms with Crippen LogP contribution in [0.15, 0.2) is 0 Å². The number of ether oxygens (including phenoxy) is 1. The van der Waals surface area contributed by atoms with Crippen molar-refractivity contribution in [2.45, 2.75) is 83.5 Å². The fraction of sp³-hybridized carbons (Fsp3) is 1.00. The molecule has 3 atom stereocenters. The van der Waals surface area contributed by atoms with Crippen LogP contribution >= 0.6 is 0 Å². The minimum atomic E-state index is -0.184. The first-order chi connectivity index (χ1) is 9.23. The molecule has 0 aromatic rings. The third-order valence-corrected chi connectivity index (χ3v) is 5.16. The molecule has 19 heavy (non-hydrogen) atoms. The van der Waals surface area contributed by atoms with Crippen molar-refractivity contribution in [2.24, 2.45) is 5.41 Å². The maximum Gasteiger partial charge on any atom is 0.0664 e. The van der Waals surface area contributed by atoms with Gasteiger partial charge in [-0.2, -0.15) is 0 Å². The molecule has 0 amide bonds. The largest absolute Gasteiger partial charge is 0.392 e. The van der Waals surface area contributed by atoms with Crippen molar-refractivity contribution in [1.29, 1.82) is 0 Å². The maximum atomic E-state index is 9.88. The molecule has 0 aliphatic heterocycles. The molecule has 0 aromatic heterocycles. The predicted octanol–water partition coefficient (Wildman–Crippen LogP) is 2.86. The van der Waals surface area contributed by atoms with Crippen LogP contribution in [0.25, 0.3) is 0 Å². The lowest BCUT2D eigenvalue weighted by molar-refractivity contribution is -0.151. The van der Waals surface area contributed by atoms with Gasteiger partial charge in [0.1, 0.15) is 0 Å². The van der Waals surface area contributed by atoms with Crippen LogP contribution in [-0.4, -0.2) is 36.5 Å². The molecule has 0 radical (unpaired) electrons. The third kappa shape index (κ3) is 3.32. The van der Waals surface area contributed by atoms with Crippen molar-refractivity contribution in [1.82, 2.24) is 5.32 Å². The third-order valence-electron chi connectivity index (χ3n) is 5.16. The first kappa shape index (κ1) is 15.3. The van der Waals surface area contributed by atoms with Crippen molar-refractivity contribution in [2.75, 3.05) is 13.2 Å². The zero-order valence-corrected chi connectivity index (χ0v) is 12.7. The minimum Gasteiger partial charge on any atom is -0.392 e. The highest BCUT2D eigenvalue weighted by atomic mass is 16.5. The molecule has 3 unspecified atom stereocenters. The molecule has 0 bridgehead atoms. The number of hydrogen-bond donors (Lipinski definition) is 2. The van der Waals surface area contributed by atoms with Gasteiger partial charge in [0.2, 0.25) is 0 Å². The quantitative estimate of drug-likeness (QED) is 0.747. The van der Waals surface area contributed by atoms with E-state index in [1.807, 2.05) is 0 Å². The summed E-state index contributed by atoms with van der Waals surface area (Å²) in [5.41, 5.74) is 0.375. The summed E-state index contributed by atoms with van der Waals surface area (Å²) in [6, 6.07) is 0.566. The average molecular weight is 269 g/mol. The van der Waals surface area contributed by atoms with Crippen LogP contribution in [0.1, 0.15) is 65.2 Å². The van der Waals surface area contributed by atoms with Crippen LogP contribution in [0.5, 0.6) is 0 Å².